The average molecular weight is 324 g/mol. The molecule has 1 amide bonds. The molecular formula is C15H18ClN3O3. The Morgan fingerprint density at radius 2 is 2.05 bits per heavy atom. The first-order valence-electron chi connectivity index (χ1n) is 6.33. The topological polar surface area (TPSA) is 71.9 Å². The predicted octanol–water partition coefficient (Wildman–Crippen LogP) is 2.03. The maximum Gasteiger partial charge on any atom is 0.273 e. The highest BCUT2D eigenvalue weighted by atomic mass is 35.5. The van der Waals surface area contributed by atoms with Crippen LogP contribution >= 0.6 is 11.6 Å². The fourth-order valence-electron chi connectivity index (χ4n) is 1.66. The first-order valence-corrected chi connectivity index (χ1v) is 6.71. The fourth-order valence-corrected chi connectivity index (χ4v) is 1.81. The number of carbonyl (C=O) groups excluding carboxylic acids is 1. The van der Waals surface area contributed by atoms with Gasteiger partial charge < -0.3 is 10.2 Å². The molecule has 7 heteroatoms. The molecule has 0 aliphatic rings. The zero-order valence-corrected chi connectivity index (χ0v) is 13.4. The van der Waals surface area contributed by atoms with Gasteiger partial charge in [-0.3, -0.25) is 15.1 Å². The van der Waals surface area contributed by atoms with Crippen LogP contribution < -0.4 is 10.8 Å². The van der Waals surface area contributed by atoms with Crippen molar-refractivity contribution in [3.05, 3.63) is 52.7 Å². The van der Waals surface area contributed by atoms with Crippen LogP contribution in [0, 0.1) is 0 Å². The van der Waals surface area contributed by atoms with Crippen molar-refractivity contribution < 1.29 is 14.5 Å². The third kappa shape index (κ3) is 4.61. The molecule has 0 fully saturated rings. The number of likely N-dealkylation sites (N-methyl/N-ethyl adjacent to an activating group) is 1. The summed E-state index contributed by atoms with van der Waals surface area (Å²) in [6.07, 6.45) is 1.65. The minimum absolute atomic E-state index is 0.145. The molecule has 0 saturated heterocycles. The highest BCUT2D eigenvalue weighted by molar-refractivity contribution is 6.46. The molecule has 0 bridgehead atoms. The molecule has 0 radical (unpaired) electrons. The van der Waals surface area contributed by atoms with Gasteiger partial charge in [-0.1, -0.05) is 47.6 Å². The molecular weight excluding hydrogens is 306 g/mol. The number of halogens is 1. The second kappa shape index (κ2) is 8.86. The van der Waals surface area contributed by atoms with Crippen LogP contribution in [0.1, 0.15) is 11.1 Å². The fraction of sp³-hybridized carbons (Fsp3) is 0.200. The Morgan fingerprint density at radius 3 is 2.64 bits per heavy atom. The van der Waals surface area contributed by atoms with E-state index in [0.717, 1.165) is 0 Å². The number of hydroxylamine groups is 1. The van der Waals surface area contributed by atoms with E-state index in [4.69, 9.17) is 21.3 Å². The average Bonchev–Trinajstić information content (AvgIpc) is 2.53. The van der Waals surface area contributed by atoms with Crippen molar-refractivity contribution >= 4 is 29.3 Å². The molecule has 0 unspecified atom stereocenters. The molecule has 0 aliphatic carbocycles. The van der Waals surface area contributed by atoms with E-state index >= 15 is 0 Å². The minimum atomic E-state index is -0.368. The van der Waals surface area contributed by atoms with E-state index in [9.17, 15) is 4.79 Å². The Labute approximate surface area is 134 Å². The van der Waals surface area contributed by atoms with Crippen LogP contribution in [0.4, 0.5) is 0 Å². The monoisotopic (exact) mass is 323 g/mol. The van der Waals surface area contributed by atoms with Gasteiger partial charge in [0.2, 0.25) is 0 Å². The normalized spacial score (nSPS) is 11.8. The molecule has 22 heavy (non-hydrogen) atoms. The van der Waals surface area contributed by atoms with Crippen LogP contribution in [-0.2, 0) is 14.5 Å². The van der Waals surface area contributed by atoms with E-state index in [1.807, 2.05) is 6.07 Å². The van der Waals surface area contributed by atoms with Gasteiger partial charge in [0.25, 0.3) is 5.91 Å². The molecule has 0 aliphatic heterocycles. The SMILES string of the molecule is C=C(NOC)C(Cl)=Cc1ccccc1C(=NOC)C(=O)NC. The first-order chi connectivity index (χ1) is 10.5. The number of oxime groups is 1. The second-order valence-electron chi connectivity index (χ2n) is 4.07. The standard InChI is InChI=1S/C15H18ClN3O3/c1-10(18-21-3)13(16)9-11-7-5-6-8-12(11)14(19-22-4)15(20)17-2/h5-9,18H,1H2,2-4H3,(H,17,20). The van der Waals surface area contributed by atoms with Crippen LogP contribution in [0.3, 0.4) is 0 Å². The Kier molecular flexibility index (Phi) is 7.15. The van der Waals surface area contributed by atoms with Crippen LogP contribution in [-0.4, -0.2) is 32.9 Å². The number of carbonyl (C=O) groups is 1. The highest BCUT2D eigenvalue weighted by Crippen LogP contribution is 2.19. The molecule has 1 rings (SSSR count). The summed E-state index contributed by atoms with van der Waals surface area (Å²) in [5.41, 5.74) is 4.34. The molecule has 2 N–H and O–H groups in total. The van der Waals surface area contributed by atoms with E-state index in [1.165, 1.54) is 21.3 Å². The number of rotatable bonds is 7. The van der Waals surface area contributed by atoms with Gasteiger partial charge in [-0.2, -0.15) is 0 Å². The second-order valence-corrected chi connectivity index (χ2v) is 4.47. The molecule has 0 aromatic heterocycles. The third-order valence-corrected chi connectivity index (χ3v) is 2.97. The van der Waals surface area contributed by atoms with Crippen molar-refractivity contribution in [1.29, 1.82) is 0 Å². The van der Waals surface area contributed by atoms with Gasteiger partial charge in [-0.05, 0) is 11.6 Å². The van der Waals surface area contributed by atoms with Gasteiger partial charge in [0, 0.05) is 12.6 Å². The van der Waals surface area contributed by atoms with E-state index in [-0.39, 0.29) is 11.6 Å². The summed E-state index contributed by atoms with van der Waals surface area (Å²) in [6.45, 7) is 3.73. The van der Waals surface area contributed by atoms with Crippen molar-refractivity contribution in [3.8, 4) is 0 Å². The molecule has 6 nitrogen and oxygen atoms in total. The summed E-state index contributed by atoms with van der Waals surface area (Å²) in [5, 5.41) is 6.64. The first kappa shape index (κ1) is 17.7. The van der Waals surface area contributed by atoms with E-state index in [0.29, 0.717) is 21.9 Å². The summed E-state index contributed by atoms with van der Waals surface area (Å²) >= 11 is 6.16. The summed E-state index contributed by atoms with van der Waals surface area (Å²) in [4.78, 5) is 21.5. The number of hydrogen-bond donors (Lipinski definition) is 2. The number of benzene rings is 1. The maximum atomic E-state index is 12.0. The molecule has 0 saturated carbocycles. The Morgan fingerprint density at radius 1 is 1.36 bits per heavy atom. The largest absolute Gasteiger partial charge is 0.398 e. The van der Waals surface area contributed by atoms with Gasteiger partial charge in [-0.15, -0.1) is 0 Å². The quantitative estimate of drug-likeness (QED) is 0.457. The maximum absolute atomic E-state index is 12.0. The van der Waals surface area contributed by atoms with Crippen molar-refractivity contribution in [2.24, 2.45) is 5.16 Å². The molecule has 118 valence electrons. The summed E-state index contributed by atoms with van der Waals surface area (Å²) in [6, 6.07) is 7.15. The zero-order chi connectivity index (χ0) is 16.5. The molecule has 1 aromatic rings. The van der Waals surface area contributed by atoms with Gasteiger partial charge >= 0.3 is 0 Å². The molecule has 0 spiro atoms. The summed E-state index contributed by atoms with van der Waals surface area (Å²) in [7, 11) is 4.35. The van der Waals surface area contributed by atoms with Crippen molar-refractivity contribution in [2.75, 3.05) is 21.3 Å². The summed E-state index contributed by atoms with van der Waals surface area (Å²) in [5.74, 6) is -0.368. The Bertz CT molecular complexity index is 612. The number of allylic oxidation sites excluding steroid dienone is 1. The van der Waals surface area contributed by atoms with Gasteiger partial charge in [0.05, 0.1) is 17.8 Å². The lowest BCUT2D eigenvalue weighted by molar-refractivity contribution is -0.114. The number of nitrogens with zero attached hydrogens (tertiary/aromatic N) is 1. The van der Waals surface area contributed by atoms with Crippen LogP contribution in [0.5, 0.6) is 0 Å². The molecule has 1 aromatic carbocycles. The highest BCUT2D eigenvalue weighted by Gasteiger charge is 2.16. The van der Waals surface area contributed by atoms with Crippen LogP contribution in [0.15, 0.2) is 46.7 Å². The van der Waals surface area contributed by atoms with E-state index < -0.39 is 0 Å². The number of hydrogen-bond acceptors (Lipinski definition) is 5. The van der Waals surface area contributed by atoms with Crippen LogP contribution in [0.25, 0.3) is 6.08 Å². The minimum Gasteiger partial charge on any atom is -0.398 e. The lowest BCUT2D eigenvalue weighted by atomic mass is 10.0. The van der Waals surface area contributed by atoms with Crippen LogP contribution in [0.2, 0.25) is 0 Å². The molecule has 0 atom stereocenters. The van der Waals surface area contributed by atoms with Gasteiger partial charge in [0.1, 0.15) is 7.11 Å². The lowest BCUT2D eigenvalue weighted by Gasteiger charge is -2.10. The van der Waals surface area contributed by atoms with E-state index in [2.05, 4.69) is 22.5 Å². The zero-order valence-electron chi connectivity index (χ0n) is 12.6. The smallest absolute Gasteiger partial charge is 0.273 e. The number of amides is 1. The lowest BCUT2D eigenvalue weighted by Crippen LogP contribution is -2.29. The Balaban J connectivity index is 3.29. The van der Waals surface area contributed by atoms with Gasteiger partial charge in [0.15, 0.2) is 5.71 Å². The predicted molar refractivity (Wildman–Crippen MR) is 87.2 cm³/mol. The number of nitrogens with one attached hydrogen (secondary N) is 2. The van der Waals surface area contributed by atoms with Crippen molar-refractivity contribution in [2.45, 2.75) is 0 Å². The Hall–Kier alpha value is -2.31. The molecule has 0 heterocycles. The van der Waals surface area contributed by atoms with Crippen molar-refractivity contribution in [1.82, 2.24) is 10.8 Å². The summed E-state index contributed by atoms with van der Waals surface area (Å²) < 4.78 is 0. The van der Waals surface area contributed by atoms with Crippen molar-refractivity contribution in [3.63, 3.8) is 0 Å². The van der Waals surface area contributed by atoms with Gasteiger partial charge in [-0.25, -0.2) is 0 Å². The third-order valence-electron chi connectivity index (χ3n) is 2.64. The van der Waals surface area contributed by atoms with E-state index in [1.54, 1.807) is 24.3 Å².